The molecule has 0 radical (unpaired) electrons. The van der Waals surface area contributed by atoms with Crippen molar-refractivity contribution in [1.82, 2.24) is 4.90 Å². The summed E-state index contributed by atoms with van der Waals surface area (Å²) in [4.78, 5) is 13.7. The molecule has 0 heterocycles. The number of hydrogen-bond donors (Lipinski definition) is 1. The minimum atomic E-state index is -0.656. The molecule has 0 rings (SSSR count). The minimum Gasteiger partial charge on any atom is -0.480 e. The third-order valence-electron chi connectivity index (χ3n) is 3.50. The third-order valence-corrected chi connectivity index (χ3v) is 3.50. The average molecular weight is 257 g/mol. The quantitative estimate of drug-likeness (QED) is 0.647. The van der Waals surface area contributed by atoms with Crippen LogP contribution in [0.5, 0.6) is 0 Å². The fraction of sp³-hybridized carbons (Fsp3) is 0.933. The fourth-order valence-electron chi connectivity index (χ4n) is 2.54. The highest BCUT2D eigenvalue weighted by atomic mass is 16.4. The molecule has 3 nitrogen and oxygen atoms in total. The Morgan fingerprint density at radius 2 is 1.72 bits per heavy atom. The van der Waals surface area contributed by atoms with E-state index >= 15 is 0 Å². The molecule has 3 heteroatoms. The zero-order chi connectivity index (χ0) is 14.1. The maximum atomic E-state index is 11.5. The molecule has 1 N–H and O–H groups in total. The van der Waals surface area contributed by atoms with Crippen LogP contribution >= 0.6 is 0 Å². The maximum Gasteiger partial charge on any atom is 0.320 e. The Labute approximate surface area is 113 Å². The van der Waals surface area contributed by atoms with Crippen LogP contribution in [0.2, 0.25) is 0 Å². The summed E-state index contributed by atoms with van der Waals surface area (Å²) in [5.74, 6) is -0.148. The summed E-state index contributed by atoms with van der Waals surface area (Å²) < 4.78 is 0. The van der Waals surface area contributed by atoms with Crippen LogP contribution in [0.25, 0.3) is 0 Å². The van der Waals surface area contributed by atoms with Gasteiger partial charge in [-0.2, -0.15) is 0 Å². The molecule has 1 atom stereocenters. The van der Waals surface area contributed by atoms with E-state index in [1.165, 1.54) is 0 Å². The SMILES string of the molecule is CCCCC(C(=O)O)N(CC(C)C)C(CC)CC. The molecule has 108 valence electrons. The van der Waals surface area contributed by atoms with E-state index in [-0.39, 0.29) is 6.04 Å². The van der Waals surface area contributed by atoms with Gasteiger partial charge in [-0.1, -0.05) is 47.5 Å². The molecule has 0 bridgehead atoms. The molecular weight excluding hydrogens is 226 g/mol. The molecule has 18 heavy (non-hydrogen) atoms. The van der Waals surface area contributed by atoms with E-state index in [9.17, 15) is 9.90 Å². The lowest BCUT2D eigenvalue weighted by Gasteiger charge is -2.36. The van der Waals surface area contributed by atoms with Gasteiger partial charge in [-0.05, 0) is 25.2 Å². The lowest BCUT2D eigenvalue weighted by Crippen LogP contribution is -2.48. The Hall–Kier alpha value is -0.570. The van der Waals surface area contributed by atoms with Crippen LogP contribution < -0.4 is 0 Å². The molecule has 0 fully saturated rings. The molecular formula is C15H31NO2. The summed E-state index contributed by atoms with van der Waals surface area (Å²) in [6.07, 6.45) is 4.88. The number of rotatable bonds is 10. The van der Waals surface area contributed by atoms with Gasteiger partial charge in [-0.15, -0.1) is 0 Å². The van der Waals surface area contributed by atoms with Crippen molar-refractivity contribution in [3.63, 3.8) is 0 Å². The number of carboxylic acids is 1. The Kier molecular flexibility index (Phi) is 9.08. The first-order chi connectivity index (χ1) is 8.47. The summed E-state index contributed by atoms with van der Waals surface area (Å²) in [6.45, 7) is 11.6. The average Bonchev–Trinajstić information content (AvgIpc) is 2.29. The Morgan fingerprint density at radius 3 is 2.06 bits per heavy atom. The van der Waals surface area contributed by atoms with E-state index in [1.807, 2.05) is 0 Å². The Morgan fingerprint density at radius 1 is 1.17 bits per heavy atom. The molecule has 0 aliphatic heterocycles. The molecule has 0 aromatic heterocycles. The third kappa shape index (κ3) is 5.85. The molecule has 0 aromatic rings. The number of nitrogens with zero attached hydrogens (tertiary/aromatic N) is 1. The van der Waals surface area contributed by atoms with Crippen molar-refractivity contribution < 1.29 is 9.90 Å². The van der Waals surface area contributed by atoms with Crippen LogP contribution in [-0.2, 0) is 4.79 Å². The summed E-state index contributed by atoms with van der Waals surface area (Å²) >= 11 is 0. The molecule has 0 aromatic carbocycles. The van der Waals surface area contributed by atoms with Gasteiger partial charge in [0.2, 0.25) is 0 Å². The predicted molar refractivity (Wildman–Crippen MR) is 76.9 cm³/mol. The van der Waals surface area contributed by atoms with E-state index in [2.05, 4.69) is 39.5 Å². The van der Waals surface area contributed by atoms with Crippen LogP contribution in [0.4, 0.5) is 0 Å². The van der Waals surface area contributed by atoms with Gasteiger partial charge in [-0.25, -0.2) is 0 Å². The number of carbonyl (C=O) groups is 1. The standard InChI is InChI=1S/C15H31NO2/c1-6-9-10-14(15(17)18)16(11-12(4)5)13(7-2)8-3/h12-14H,6-11H2,1-5H3,(H,17,18). The smallest absolute Gasteiger partial charge is 0.320 e. The van der Waals surface area contributed by atoms with E-state index in [0.29, 0.717) is 12.0 Å². The van der Waals surface area contributed by atoms with Gasteiger partial charge in [-0.3, -0.25) is 9.69 Å². The van der Waals surface area contributed by atoms with Gasteiger partial charge in [0.05, 0.1) is 0 Å². The minimum absolute atomic E-state index is 0.308. The van der Waals surface area contributed by atoms with Crippen molar-refractivity contribution in [2.24, 2.45) is 5.92 Å². The second-order valence-corrected chi connectivity index (χ2v) is 5.56. The van der Waals surface area contributed by atoms with Crippen LogP contribution in [-0.4, -0.2) is 34.6 Å². The number of carboxylic acid groups (broad SMARTS) is 1. The second kappa shape index (κ2) is 9.37. The van der Waals surface area contributed by atoms with Crippen LogP contribution in [0.15, 0.2) is 0 Å². The van der Waals surface area contributed by atoms with Gasteiger partial charge in [0.25, 0.3) is 0 Å². The van der Waals surface area contributed by atoms with Crippen LogP contribution in [0, 0.1) is 5.92 Å². The monoisotopic (exact) mass is 257 g/mol. The molecule has 0 spiro atoms. The maximum absolute atomic E-state index is 11.5. The zero-order valence-electron chi connectivity index (χ0n) is 12.8. The van der Waals surface area contributed by atoms with Crippen molar-refractivity contribution in [1.29, 1.82) is 0 Å². The highest BCUT2D eigenvalue weighted by molar-refractivity contribution is 5.73. The first-order valence-corrected chi connectivity index (χ1v) is 7.46. The van der Waals surface area contributed by atoms with E-state index in [4.69, 9.17) is 0 Å². The topological polar surface area (TPSA) is 40.5 Å². The number of aliphatic carboxylic acids is 1. The van der Waals surface area contributed by atoms with Gasteiger partial charge >= 0.3 is 5.97 Å². The summed E-state index contributed by atoms with van der Waals surface area (Å²) in [7, 11) is 0. The van der Waals surface area contributed by atoms with E-state index in [1.54, 1.807) is 0 Å². The predicted octanol–water partition coefficient (Wildman–Crippen LogP) is 3.78. The van der Waals surface area contributed by atoms with Crippen molar-refractivity contribution >= 4 is 5.97 Å². The number of unbranched alkanes of at least 4 members (excludes halogenated alkanes) is 1. The van der Waals surface area contributed by atoms with E-state index < -0.39 is 5.97 Å². The van der Waals surface area contributed by atoms with Crippen molar-refractivity contribution in [3.8, 4) is 0 Å². The van der Waals surface area contributed by atoms with Crippen molar-refractivity contribution in [3.05, 3.63) is 0 Å². The summed E-state index contributed by atoms with van der Waals surface area (Å²) in [5.41, 5.74) is 0. The van der Waals surface area contributed by atoms with Crippen LogP contribution in [0.1, 0.15) is 66.7 Å². The zero-order valence-corrected chi connectivity index (χ0v) is 12.8. The van der Waals surface area contributed by atoms with Crippen LogP contribution in [0.3, 0.4) is 0 Å². The normalized spacial score (nSPS) is 13.6. The lowest BCUT2D eigenvalue weighted by atomic mass is 10.0. The van der Waals surface area contributed by atoms with Crippen molar-refractivity contribution in [2.75, 3.05) is 6.54 Å². The molecule has 0 aliphatic carbocycles. The molecule has 0 aliphatic rings. The van der Waals surface area contributed by atoms with Gasteiger partial charge in [0, 0.05) is 12.6 Å². The largest absolute Gasteiger partial charge is 0.480 e. The first-order valence-electron chi connectivity index (χ1n) is 7.46. The molecule has 0 amide bonds. The fourth-order valence-corrected chi connectivity index (χ4v) is 2.54. The summed E-state index contributed by atoms with van der Waals surface area (Å²) in [6, 6.07) is 0.0857. The highest BCUT2D eigenvalue weighted by Gasteiger charge is 2.29. The Balaban J connectivity index is 4.89. The van der Waals surface area contributed by atoms with Gasteiger partial charge in [0.1, 0.15) is 6.04 Å². The highest BCUT2D eigenvalue weighted by Crippen LogP contribution is 2.19. The van der Waals surface area contributed by atoms with Gasteiger partial charge in [0.15, 0.2) is 0 Å². The molecule has 0 saturated carbocycles. The second-order valence-electron chi connectivity index (χ2n) is 5.56. The molecule has 0 saturated heterocycles. The Bertz CT molecular complexity index is 225. The summed E-state index contributed by atoms with van der Waals surface area (Å²) in [5, 5.41) is 9.48. The van der Waals surface area contributed by atoms with Crippen molar-refractivity contribution in [2.45, 2.75) is 78.8 Å². The lowest BCUT2D eigenvalue weighted by molar-refractivity contribution is -0.145. The van der Waals surface area contributed by atoms with Gasteiger partial charge < -0.3 is 5.11 Å². The first kappa shape index (κ1) is 17.4. The number of hydrogen-bond acceptors (Lipinski definition) is 2. The van der Waals surface area contributed by atoms with E-state index in [0.717, 1.165) is 38.6 Å². The molecule has 1 unspecified atom stereocenters.